The van der Waals surface area contributed by atoms with Crippen molar-refractivity contribution in [2.75, 3.05) is 18.4 Å². The van der Waals surface area contributed by atoms with Gasteiger partial charge in [0.25, 0.3) is 0 Å². The number of likely N-dealkylation sites (N-methyl/N-ethyl adjacent to an activating group) is 1. The fourth-order valence-corrected chi connectivity index (χ4v) is 1.45. The van der Waals surface area contributed by atoms with E-state index in [1.807, 2.05) is 13.8 Å². The second-order valence-electron chi connectivity index (χ2n) is 4.14. The molecule has 1 aromatic heterocycles. The number of nitrogens with one attached hydrogen (secondary N) is 1. The van der Waals surface area contributed by atoms with Crippen LogP contribution in [0.15, 0.2) is 30.5 Å². The first-order valence-electron chi connectivity index (χ1n) is 5.83. The number of carboxylic acid groups (broad SMARTS) is 1. The number of carbonyl (C=O) groups is 2. The zero-order chi connectivity index (χ0) is 14.4. The Morgan fingerprint density at radius 1 is 1.47 bits per heavy atom. The lowest BCUT2D eigenvalue weighted by atomic mass is 10.3. The summed E-state index contributed by atoms with van der Waals surface area (Å²) in [5.74, 6) is -1.10. The van der Waals surface area contributed by atoms with Crippen LogP contribution >= 0.6 is 0 Å². The fourth-order valence-electron chi connectivity index (χ4n) is 1.45. The molecule has 0 aliphatic rings. The molecule has 0 saturated heterocycles. The Morgan fingerprint density at radius 2 is 2.16 bits per heavy atom. The van der Waals surface area contributed by atoms with E-state index in [1.54, 1.807) is 4.90 Å². The zero-order valence-corrected chi connectivity index (χ0v) is 11.0. The minimum Gasteiger partial charge on any atom is -0.477 e. The van der Waals surface area contributed by atoms with Crippen LogP contribution in [-0.2, 0) is 0 Å². The van der Waals surface area contributed by atoms with E-state index in [0.29, 0.717) is 18.8 Å². The van der Waals surface area contributed by atoms with Crippen LogP contribution in [-0.4, -0.2) is 40.1 Å². The van der Waals surface area contributed by atoms with Crippen molar-refractivity contribution in [3.63, 3.8) is 0 Å². The van der Waals surface area contributed by atoms with Gasteiger partial charge in [0.15, 0.2) is 0 Å². The molecule has 0 bridgehead atoms. The number of anilines is 1. The number of carbonyl (C=O) groups excluding carboxylic acids is 1. The topological polar surface area (TPSA) is 82.5 Å². The van der Waals surface area contributed by atoms with Crippen molar-refractivity contribution in [3.05, 3.63) is 36.2 Å². The summed E-state index contributed by atoms with van der Waals surface area (Å²) in [7, 11) is 0. The van der Waals surface area contributed by atoms with Crippen molar-refractivity contribution in [1.29, 1.82) is 0 Å². The Labute approximate surface area is 111 Å². The van der Waals surface area contributed by atoms with Gasteiger partial charge in [-0.05, 0) is 26.0 Å². The summed E-state index contributed by atoms with van der Waals surface area (Å²) in [6, 6.07) is 2.58. The first-order valence-corrected chi connectivity index (χ1v) is 5.83. The van der Waals surface area contributed by atoms with Crippen LogP contribution < -0.4 is 5.32 Å². The lowest BCUT2D eigenvalue weighted by Crippen LogP contribution is -2.35. The molecule has 1 aromatic rings. The lowest BCUT2D eigenvalue weighted by Gasteiger charge is -2.21. The summed E-state index contributed by atoms with van der Waals surface area (Å²) in [6.45, 7) is 8.51. The summed E-state index contributed by atoms with van der Waals surface area (Å²) in [6.07, 6.45) is 1.32. The SMILES string of the molecule is C=C(C)CN(CC)C(=O)Nc1ccc(C(=O)O)nc1. The Hall–Kier alpha value is -2.37. The molecule has 6 heteroatoms. The maximum absolute atomic E-state index is 11.9. The number of hydrogen-bond acceptors (Lipinski definition) is 3. The molecule has 0 saturated carbocycles. The van der Waals surface area contributed by atoms with Crippen LogP contribution in [0, 0.1) is 0 Å². The average Bonchev–Trinajstić information content (AvgIpc) is 2.36. The number of pyridine rings is 1. The minimum absolute atomic E-state index is 0.0627. The van der Waals surface area contributed by atoms with Gasteiger partial charge in [-0.2, -0.15) is 0 Å². The monoisotopic (exact) mass is 263 g/mol. The second kappa shape index (κ2) is 6.53. The molecule has 0 aromatic carbocycles. The van der Waals surface area contributed by atoms with E-state index < -0.39 is 5.97 Å². The van der Waals surface area contributed by atoms with Crippen LogP contribution in [0.2, 0.25) is 0 Å². The minimum atomic E-state index is -1.10. The van der Waals surface area contributed by atoms with Crippen LogP contribution in [0.3, 0.4) is 0 Å². The van der Waals surface area contributed by atoms with E-state index in [4.69, 9.17) is 5.11 Å². The predicted molar refractivity (Wildman–Crippen MR) is 72.3 cm³/mol. The van der Waals surface area contributed by atoms with Crippen molar-refractivity contribution >= 4 is 17.7 Å². The van der Waals surface area contributed by atoms with Gasteiger partial charge in [-0.1, -0.05) is 12.2 Å². The molecule has 1 heterocycles. The number of aromatic nitrogens is 1. The van der Waals surface area contributed by atoms with Crippen LogP contribution in [0.4, 0.5) is 10.5 Å². The van der Waals surface area contributed by atoms with E-state index >= 15 is 0 Å². The Bertz CT molecular complexity index is 482. The molecule has 2 N–H and O–H groups in total. The van der Waals surface area contributed by atoms with Crippen molar-refractivity contribution < 1.29 is 14.7 Å². The Kier molecular flexibility index (Phi) is 5.05. The predicted octanol–water partition coefficient (Wildman–Crippen LogP) is 2.21. The Balaban J connectivity index is 2.70. The first kappa shape index (κ1) is 14.7. The molecule has 2 amide bonds. The van der Waals surface area contributed by atoms with Crippen molar-refractivity contribution in [2.45, 2.75) is 13.8 Å². The van der Waals surface area contributed by atoms with Crippen molar-refractivity contribution in [1.82, 2.24) is 9.88 Å². The lowest BCUT2D eigenvalue weighted by molar-refractivity contribution is 0.0690. The zero-order valence-electron chi connectivity index (χ0n) is 11.0. The van der Waals surface area contributed by atoms with Crippen LogP contribution in [0.1, 0.15) is 24.3 Å². The summed E-state index contributed by atoms with van der Waals surface area (Å²) in [5, 5.41) is 11.4. The van der Waals surface area contributed by atoms with E-state index in [9.17, 15) is 9.59 Å². The van der Waals surface area contributed by atoms with E-state index in [2.05, 4.69) is 16.9 Å². The highest BCUT2D eigenvalue weighted by Gasteiger charge is 2.12. The average molecular weight is 263 g/mol. The molecule has 0 fully saturated rings. The second-order valence-corrected chi connectivity index (χ2v) is 4.14. The molecule has 0 atom stereocenters. The molecule has 19 heavy (non-hydrogen) atoms. The number of amides is 2. The smallest absolute Gasteiger partial charge is 0.354 e. The molecule has 0 radical (unpaired) electrons. The number of hydrogen-bond donors (Lipinski definition) is 2. The maximum atomic E-state index is 11.9. The Morgan fingerprint density at radius 3 is 2.58 bits per heavy atom. The van der Waals surface area contributed by atoms with Gasteiger partial charge in [0.2, 0.25) is 0 Å². The number of aromatic carboxylic acids is 1. The number of rotatable bonds is 5. The quantitative estimate of drug-likeness (QED) is 0.798. The molecule has 0 aliphatic heterocycles. The third-order valence-electron chi connectivity index (χ3n) is 2.36. The number of urea groups is 1. The molecular weight excluding hydrogens is 246 g/mol. The van der Waals surface area contributed by atoms with Gasteiger partial charge in [0.05, 0.1) is 11.9 Å². The van der Waals surface area contributed by atoms with E-state index in [0.717, 1.165) is 5.57 Å². The molecule has 102 valence electrons. The highest BCUT2D eigenvalue weighted by molar-refractivity contribution is 5.90. The number of carboxylic acids is 1. The van der Waals surface area contributed by atoms with Gasteiger partial charge >= 0.3 is 12.0 Å². The van der Waals surface area contributed by atoms with Gasteiger partial charge in [0.1, 0.15) is 5.69 Å². The van der Waals surface area contributed by atoms with E-state index in [1.165, 1.54) is 18.3 Å². The fraction of sp³-hybridized carbons (Fsp3) is 0.308. The highest BCUT2D eigenvalue weighted by atomic mass is 16.4. The largest absolute Gasteiger partial charge is 0.477 e. The van der Waals surface area contributed by atoms with Crippen LogP contribution in [0.25, 0.3) is 0 Å². The van der Waals surface area contributed by atoms with Crippen molar-refractivity contribution in [3.8, 4) is 0 Å². The molecule has 6 nitrogen and oxygen atoms in total. The third kappa shape index (κ3) is 4.42. The summed E-state index contributed by atoms with van der Waals surface area (Å²) in [4.78, 5) is 27.9. The highest BCUT2D eigenvalue weighted by Crippen LogP contribution is 2.08. The van der Waals surface area contributed by atoms with Gasteiger partial charge in [-0.25, -0.2) is 14.6 Å². The summed E-state index contributed by atoms with van der Waals surface area (Å²) in [5.41, 5.74) is 1.28. The summed E-state index contributed by atoms with van der Waals surface area (Å²) >= 11 is 0. The molecular formula is C13H17N3O3. The molecule has 0 spiro atoms. The first-order chi connectivity index (χ1) is 8.93. The maximum Gasteiger partial charge on any atom is 0.354 e. The number of nitrogens with zero attached hydrogens (tertiary/aromatic N) is 2. The van der Waals surface area contributed by atoms with Gasteiger partial charge in [0, 0.05) is 13.1 Å². The van der Waals surface area contributed by atoms with Gasteiger partial charge < -0.3 is 15.3 Å². The van der Waals surface area contributed by atoms with Crippen LogP contribution in [0.5, 0.6) is 0 Å². The van der Waals surface area contributed by atoms with E-state index in [-0.39, 0.29) is 11.7 Å². The van der Waals surface area contributed by atoms with Crippen molar-refractivity contribution in [2.24, 2.45) is 0 Å². The summed E-state index contributed by atoms with van der Waals surface area (Å²) < 4.78 is 0. The normalized spacial score (nSPS) is 9.79. The molecule has 1 rings (SSSR count). The van der Waals surface area contributed by atoms with Gasteiger partial charge in [-0.3, -0.25) is 0 Å². The third-order valence-corrected chi connectivity index (χ3v) is 2.36. The van der Waals surface area contributed by atoms with Gasteiger partial charge in [-0.15, -0.1) is 0 Å². The standard InChI is InChI=1S/C13H17N3O3/c1-4-16(8-9(2)3)13(19)15-10-5-6-11(12(17)18)14-7-10/h5-7H,2,4,8H2,1,3H3,(H,15,19)(H,17,18). The molecule has 0 unspecified atom stereocenters. The molecule has 0 aliphatic carbocycles.